The van der Waals surface area contributed by atoms with Gasteiger partial charge in [-0.25, -0.2) is 0 Å². The average Bonchev–Trinajstić information content (AvgIpc) is 2.32. The van der Waals surface area contributed by atoms with Gasteiger partial charge >= 0.3 is 0 Å². The van der Waals surface area contributed by atoms with Crippen molar-refractivity contribution in [2.75, 3.05) is 31.6 Å². The van der Waals surface area contributed by atoms with Gasteiger partial charge in [0, 0.05) is 48.8 Å². The lowest BCUT2D eigenvalue weighted by molar-refractivity contribution is 0.139. The number of likely N-dealkylation sites (N-methyl/N-ethyl adjacent to an activating group) is 1. The van der Waals surface area contributed by atoms with Gasteiger partial charge in [0.2, 0.25) is 0 Å². The summed E-state index contributed by atoms with van der Waals surface area (Å²) in [7, 11) is 2.19. The molecule has 0 atom stereocenters. The molecular formula is C13H20ClN3. The predicted octanol–water partition coefficient (Wildman–Crippen LogP) is 2.35. The largest absolute Gasteiger partial charge is 0.368 e. The van der Waals surface area contributed by atoms with Crippen LogP contribution in [0, 0.1) is 0 Å². The van der Waals surface area contributed by atoms with E-state index in [2.05, 4.69) is 41.7 Å². The minimum absolute atomic E-state index is 0.200. The number of anilines is 1. The van der Waals surface area contributed by atoms with Crippen molar-refractivity contribution in [3.63, 3.8) is 0 Å². The Bertz CT molecular complexity index is 392. The van der Waals surface area contributed by atoms with E-state index >= 15 is 0 Å². The Kier molecular flexibility index (Phi) is 3.59. The Hall–Kier alpha value is -0.800. The van der Waals surface area contributed by atoms with Gasteiger partial charge in [0.15, 0.2) is 0 Å². The van der Waals surface area contributed by atoms with E-state index in [1.54, 1.807) is 0 Å². The van der Waals surface area contributed by atoms with Crippen LogP contribution in [0.3, 0.4) is 0 Å². The van der Waals surface area contributed by atoms with E-state index in [1.165, 1.54) is 5.69 Å². The number of hydrogen-bond acceptors (Lipinski definition) is 3. The summed E-state index contributed by atoms with van der Waals surface area (Å²) >= 11 is 5.97. The van der Waals surface area contributed by atoms with E-state index in [0.717, 1.165) is 25.2 Å². The standard InChI is InChI=1S/C13H20ClN3/c1-13(2)10-17(7-6-16(13)3)12-4-5-15-9-11(12)8-14/h4-5,9H,6-8,10H2,1-3H3. The van der Waals surface area contributed by atoms with Gasteiger partial charge in [0.25, 0.3) is 0 Å². The summed E-state index contributed by atoms with van der Waals surface area (Å²) in [6.45, 7) is 7.71. The van der Waals surface area contributed by atoms with Crippen molar-refractivity contribution in [1.29, 1.82) is 0 Å². The second-order valence-corrected chi connectivity index (χ2v) is 5.56. The van der Waals surface area contributed by atoms with Crippen LogP contribution >= 0.6 is 11.6 Å². The quantitative estimate of drug-likeness (QED) is 0.755. The molecule has 17 heavy (non-hydrogen) atoms. The highest BCUT2D eigenvalue weighted by Gasteiger charge is 2.31. The zero-order chi connectivity index (χ0) is 12.5. The van der Waals surface area contributed by atoms with Gasteiger partial charge in [-0.05, 0) is 27.0 Å². The Morgan fingerprint density at radius 2 is 2.18 bits per heavy atom. The van der Waals surface area contributed by atoms with E-state index < -0.39 is 0 Å². The number of halogens is 1. The summed E-state index contributed by atoms with van der Waals surface area (Å²) in [5.41, 5.74) is 2.55. The molecule has 0 aromatic carbocycles. The number of rotatable bonds is 2. The molecule has 1 aliphatic rings. The molecule has 1 aromatic heterocycles. The molecule has 3 nitrogen and oxygen atoms in total. The van der Waals surface area contributed by atoms with Crippen molar-refractivity contribution in [2.24, 2.45) is 0 Å². The Labute approximate surface area is 108 Å². The molecule has 1 aromatic rings. The van der Waals surface area contributed by atoms with E-state index in [0.29, 0.717) is 5.88 Å². The maximum atomic E-state index is 5.97. The summed E-state index contributed by atoms with van der Waals surface area (Å²) in [5, 5.41) is 0. The Morgan fingerprint density at radius 3 is 2.82 bits per heavy atom. The second-order valence-electron chi connectivity index (χ2n) is 5.29. The van der Waals surface area contributed by atoms with Gasteiger partial charge in [-0.1, -0.05) is 0 Å². The van der Waals surface area contributed by atoms with Crippen molar-refractivity contribution in [3.05, 3.63) is 24.0 Å². The fraction of sp³-hybridized carbons (Fsp3) is 0.615. The fourth-order valence-corrected chi connectivity index (χ4v) is 2.48. The first-order chi connectivity index (χ1) is 8.04. The highest BCUT2D eigenvalue weighted by molar-refractivity contribution is 6.17. The highest BCUT2D eigenvalue weighted by atomic mass is 35.5. The van der Waals surface area contributed by atoms with Crippen molar-refractivity contribution in [3.8, 4) is 0 Å². The van der Waals surface area contributed by atoms with Gasteiger partial charge in [0.1, 0.15) is 0 Å². The summed E-state index contributed by atoms with van der Waals surface area (Å²) in [6.07, 6.45) is 3.71. The third-order valence-electron chi connectivity index (χ3n) is 3.68. The van der Waals surface area contributed by atoms with Crippen LogP contribution < -0.4 is 4.90 Å². The lowest BCUT2D eigenvalue weighted by atomic mass is 9.99. The summed E-state index contributed by atoms with van der Waals surface area (Å²) < 4.78 is 0. The topological polar surface area (TPSA) is 19.4 Å². The van der Waals surface area contributed by atoms with Gasteiger partial charge in [-0.15, -0.1) is 11.6 Å². The smallest absolute Gasteiger partial charge is 0.0509 e. The van der Waals surface area contributed by atoms with Crippen LogP contribution in [0.1, 0.15) is 19.4 Å². The van der Waals surface area contributed by atoms with Crippen LogP contribution in [0.2, 0.25) is 0 Å². The molecule has 0 aliphatic carbocycles. The van der Waals surface area contributed by atoms with Crippen molar-refractivity contribution >= 4 is 17.3 Å². The van der Waals surface area contributed by atoms with Crippen molar-refractivity contribution in [1.82, 2.24) is 9.88 Å². The normalized spacial score (nSPS) is 20.6. The maximum absolute atomic E-state index is 5.97. The molecule has 0 saturated carbocycles. The van der Waals surface area contributed by atoms with Crippen LogP contribution in [-0.2, 0) is 5.88 Å². The fourth-order valence-electron chi connectivity index (χ4n) is 2.28. The number of pyridine rings is 1. The predicted molar refractivity (Wildman–Crippen MR) is 72.7 cm³/mol. The minimum atomic E-state index is 0.200. The van der Waals surface area contributed by atoms with Gasteiger partial charge in [-0.3, -0.25) is 9.88 Å². The first-order valence-electron chi connectivity index (χ1n) is 5.99. The summed E-state index contributed by atoms with van der Waals surface area (Å²) in [6, 6.07) is 2.07. The van der Waals surface area contributed by atoms with E-state index in [1.807, 2.05) is 12.4 Å². The third kappa shape index (κ3) is 2.55. The lowest BCUT2D eigenvalue weighted by Crippen LogP contribution is -2.57. The molecule has 94 valence electrons. The van der Waals surface area contributed by atoms with Crippen molar-refractivity contribution < 1.29 is 0 Å². The van der Waals surface area contributed by atoms with Gasteiger partial charge < -0.3 is 4.90 Å². The number of piperazine rings is 1. The SMILES string of the molecule is CN1CCN(c2ccncc2CCl)CC1(C)C. The van der Waals surface area contributed by atoms with Crippen LogP contribution in [-0.4, -0.2) is 42.1 Å². The van der Waals surface area contributed by atoms with E-state index in [9.17, 15) is 0 Å². The maximum Gasteiger partial charge on any atom is 0.0509 e. The first kappa shape index (κ1) is 12.7. The average molecular weight is 254 g/mol. The van der Waals surface area contributed by atoms with Crippen LogP contribution in [0.25, 0.3) is 0 Å². The Balaban J connectivity index is 2.23. The third-order valence-corrected chi connectivity index (χ3v) is 3.97. The number of hydrogen-bond donors (Lipinski definition) is 0. The number of aromatic nitrogens is 1. The molecule has 1 saturated heterocycles. The molecule has 1 aliphatic heterocycles. The molecule has 2 rings (SSSR count). The van der Waals surface area contributed by atoms with Gasteiger partial charge in [-0.2, -0.15) is 0 Å². The van der Waals surface area contributed by atoms with Gasteiger partial charge in [0.05, 0.1) is 5.88 Å². The van der Waals surface area contributed by atoms with E-state index in [-0.39, 0.29) is 5.54 Å². The number of nitrogens with zero attached hydrogens (tertiary/aromatic N) is 3. The molecule has 0 radical (unpaired) electrons. The van der Waals surface area contributed by atoms with Crippen LogP contribution in [0.15, 0.2) is 18.5 Å². The highest BCUT2D eigenvalue weighted by Crippen LogP contribution is 2.27. The number of alkyl halides is 1. The molecule has 0 spiro atoms. The van der Waals surface area contributed by atoms with Crippen LogP contribution in [0.4, 0.5) is 5.69 Å². The lowest BCUT2D eigenvalue weighted by Gasteiger charge is -2.46. The molecule has 0 bridgehead atoms. The molecule has 4 heteroatoms. The molecule has 2 heterocycles. The summed E-state index contributed by atoms with van der Waals surface area (Å²) in [5.74, 6) is 0.524. The van der Waals surface area contributed by atoms with Crippen molar-refractivity contribution in [2.45, 2.75) is 25.3 Å². The monoisotopic (exact) mass is 253 g/mol. The zero-order valence-corrected chi connectivity index (χ0v) is 11.5. The zero-order valence-electron chi connectivity index (χ0n) is 10.8. The second kappa shape index (κ2) is 4.83. The molecule has 0 amide bonds. The molecule has 1 fully saturated rings. The minimum Gasteiger partial charge on any atom is -0.368 e. The molecule has 0 N–H and O–H groups in total. The molecular weight excluding hydrogens is 234 g/mol. The molecule has 0 unspecified atom stereocenters. The first-order valence-corrected chi connectivity index (χ1v) is 6.53. The Morgan fingerprint density at radius 1 is 1.41 bits per heavy atom. The van der Waals surface area contributed by atoms with Crippen LogP contribution in [0.5, 0.6) is 0 Å². The summed E-state index contributed by atoms with van der Waals surface area (Å²) in [4.78, 5) is 8.96. The van der Waals surface area contributed by atoms with E-state index in [4.69, 9.17) is 11.6 Å².